The van der Waals surface area contributed by atoms with E-state index in [9.17, 15) is 13.2 Å². The van der Waals surface area contributed by atoms with E-state index in [1.807, 2.05) is 0 Å². The molecule has 0 spiro atoms. The van der Waals surface area contributed by atoms with E-state index in [-0.39, 0.29) is 9.92 Å². The summed E-state index contributed by atoms with van der Waals surface area (Å²) in [7, 11) is -3.94. The Labute approximate surface area is 98.5 Å². The maximum absolute atomic E-state index is 11.9. The van der Waals surface area contributed by atoms with E-state index in [0.29, 0.717) is 5.69 Å². The van der Waals surface area contributed by atoms with Crippen LogP contribution in [0.4, 0.5) is 5.69 Å². The number of fused-ring (bicyclic) bond motifs is 1. The third-order valence-corrected chi connectivity index (χ3v) is 4.59. The van der Waals surface area contributed by atoms with Crippen molar-refractivity contribution >= 4 is 32.2 Å². The van der Waals surface area contributed by atoms with Gasteiger partial charge in [0.2, 0.25) is 9.84 Å². The Bertz CT molecular complexity index is 578. The van der Waals surface area contributed by atoms with Crippen molar-refractivity contribution in [3.05, 3.63) is 23.2 Å². The summed E-state index contributed by atoms with van der Waals surface area (Å²) in [4.78, 5) is 11.7. The van der Waals surface area contributed by atoms with Crippen LogP contribution in [0.3, 0.4) is 0 Å². The Morgan fingerprint density at radius 1 is 1.31 bits per heavy atom. The van der Waals surface area contributed by atoms with Crippen LogP contribution < -0.4 is 5.32 Å². The normalized spacial score (nSPS) is 21.1. The molecule has 86 valence electrons. The van der Waals surface area contributed by atoms with E-state index in [0.717, 1.165) is 0 Å². The van der Waals surface area contributed by atoms with Crippen LogP contribution in [0.1, 0.15) is 13.8 Å². The molecule has 1 aromatic carbocycles. The fourth-order valence-corrected chi connectivity index (χ4v) is 3.50. The average Bonchev–Trinajstić information content (AvgIpc) is 2.17. The molecule has 0 saturated heterocycles. The molecule has 1 aliphatic heterocycles. The van der Waals surface area contributed by atoms with Gasteiger partial charge in [-0.25, -0.2) is 8.42 Å². The second-order valence-electron chi connectivity index (χ2n) is 4.18. The van der Waals surface area contributed by atoms with Gasteiger partial charge in [-0.3, -0.25) is 4.79 Å². The molecule has 2 rings (SSSR count). The van der Waals surface area contributed by atoms with Gasteiger partial charge < -0.3 is 5.32 Å². The summed E-state index contributed by atoms with van der Waals surface area (Å²) in [6.07, 6.45) is 0. The minimum atomic E-state index is -3.94. The van der Waals surface area contributed by atoms with Crippen LogP contribution >= 0.6 is 11.6 Å². The van der Waals surface area contributed by atoms with E-state index >= 15 is 0 Å². The van der Waals surface area contributed by atoms with Gasteiger partial charge in [0, 0.05) is 5.02 Å². The number of nitrogens with one attached hydrogen (secondary N) is 1. The van der Waals surface area contributed by atoms with Crippen LogP contribution in [-0.4, -0.2) is 19.1 Å². The largest absolute Gasteiger partial charge is 0.371 e. The highest BCUT2D eigenvalue weighted by molar-refractivity contribution is 8.06. The second-order valence-corrected chi connectivity index (χ2v) is 6.44. The molecule has 6 heteroatoms. The molecule has 0 unspecified atom stereocenters. The predicted molar refractivity (Wildman–Crippen MR) is 61.3 cm³/mol. The lowest BCUT2D eigenvalue weighted by Crippen LogP contribution is -2.48. The van der Waals surface area contributed by atoms with Gasteiger partial charge in [-0.2, -0.15) is 0 Å². The number of anilines is 1. The molecule has 1 aromatic rings. The summed E-state index contributed by atoms with van der Waals surface area (Å²) in [6, 6.07) is 4.42. The minimum Gasteiger partial charge on any atom is -0.371 e. The van der Waals surface area contributed by atoms with Gasteiger partial charge in [0.15, 0.2) is 0 Å². The molecule has 0 saturated carbocycles. The standard InChI is InChI=1S/C10H10ClNO3S/c1-10(2)9(13)16(14,15)8-5-6(11)3-4-7(8)12-10/h3-5,12H,1-2H3. The Morgan fingerprint density at radius 3 is 2.56 bits per heavy atom. The summed E-state index contributed by atoms with van der Waals surface area (Å²) in [5, 5.41) is 2.33. The zero-order chi connectivity index (χ0) is 12.1. The maximum atomic E-state index is 11.9. The molecule has 0 aromatic heterocycles. The number of benzene rings is 1. The van der Waals surface area contributed by atoms with Crippen molar-refractivity contribution in [1.82, 2.24) is 0 Å². The highest BCUT2D eigenvalue weighted by atomic mass is 35.5. The predicted octanol–water partition coefficient (Wildman–Crippen LogP) is 1.84. The topological polar surface area (TPSA) is 63.2 Å². The van der Waals surface area contributed by atoms with Gasteiger partial charge in [0.1, 0.15) is 5.54 Å². The van der Waals surface area contributed by atoms with Crippen LogP contribution in [-0.2, 0) is 14.6 Å². The maximum Gasteiger partial charge on any atom is 0.275 e. The van der Waals surface area contributed by atoms with E-state index in [1.54, 1.807) is 12.1 Å². The smallest absolute Gasteiger partial charge is 0.275 e. The van der Waals surface area contributed by atoms with Crippen molar-refractivity contribution in [2.24, 2.45) is 0 Å². The minimum absolute atomic E-state index is 0.0516. The van der Waals surface area contributed by atoms with E-state index in [2.05, 4.69) is 5.32 Å². The van der Waals surface area contributed by atoms with Gasteiger partial charge >= 0.3 is 0 Å². The van der Waals surface area contributed by atoms with Gasteiger partial charge in [0.25, 0.3) is 5.12 Å². The van der Waals surface area contributed by atoms with Crippen molar-refractivity contribution in [3.8, 4) is 0 Å². The zero-order valence-corrected chi connectivity index (χ0v) is 10.3. The van der Waals surface area contributed by atoms with Crippen LogP contribution in [0.2, 0.25) is 5.02 Å². The number of hydrogen-bond acceptors (Lipinski definition) is 4. The van der Waals surface area contributed by atoms with E-state index in [1.165, 1.54) is 19.9 Å². The molecule has 0 bridgehead atoms. The first-order valence-corrected chi connectivity index (χ1v) is 6.48. The lowest BCUT2D eigenvalue weighted by molar-refractivity contribution is -0.114. The number of carbonyl (C=O) groups excluding carboxylic acids is 1. The molecule has 0 fully saturated rings. The Hall–Kier alpha value is -1.07. The highest BCUT2D eigenvalue weighted by Gasteiger charge is 2.44. The van der Waals surface area contributed by atoms with Crippen molar-refractivity contribution in [1.29, 1.82) is 0 Å². The summed E-state index contributed by atoms with van der Waals surface area (Å²) >= 11 is 5.72. The molecule has 1 N–H and O–H groups in total. The van der Waals surface area contributed by atoms with Crippen LogP contribution in [0.15, 0.2) is 23.1 Å². The highest BCUT2D eigenvalue weighted by Crippen LogP contribution is 2.35. The Balaban J connectivity index is 2.77. The van der Waals surface area contributed by atoms with Gasteiger partial charge in [0.05, 0.1) is 10.6 Å². The Morgan fingerprint density at radius 2 is 1.94 bits per heavy atom. The number of carbonyl (C=O) groups is 1. The fraction of sp³-hybridized carbons (Fsp3) is 0.300. The molecule has 1 aliphatic rings. The number of hydrogen-bond donors (Lipinski definition) is 1. The molecule has 0 atom stereocenters. The van der Waals surface area contributed by atoms with Crippen LogP contribution in [0.5, 0.6) is 0 Å². The lowest BCUT2D eigenvalue weighted by Gasteiger charge is -2.31. The molecule has 0 aliphatic carbocycles. The fourth-order valence-electron chi connectivity index (χ4n) is 1.65. The summed E-state index contributed by atoms with van der Waals surface area (Å²) in [5.41, 5.74) is -0.700. The second kappa shape index (κ2) is 3.21. The first-order chi connectivity index (χ1) is 7.25. The molecule has 4 nitrogen and oxygen atoms in total. The zero-order valence-electron chi connectivity index (χ0n) is 8.74. The molecule has 0 radical (unpaired) electrons. The number of halogens is 1. The lowest BCUT2D eigenvalue weighted by atomic mass is 10.1. The summed E-state index contributed by atoms with van der Waals surface area (Å²) < 4.78 is 23.8. The van der Waals surface area contributed by atoms with Crippen molar-refractivity contribution in [3.63, 3.8) is 0 Å². The van der Waals surface area contributed by atoms with Crippen LogP contribution in [0, 0.1) is 0 Å². The first-order valence-electron chi connectivity index (χ1n) is 4.62. The van der Waals surface area contributed by atoms with Crippen LogP contribution in [0.25, 0.3) is 0 Å². The Kier molecular flexibility index (Phi) is 2.29. The molecule has 16 heavy (non-hydrogen) atoms. The van der Waals surface area contributed by atoms with Gasteiger partial charge in [-0.15, -0.1) is 0 Å². The third kappa shape index (κ3) is 1.51. The molecule has 1 heterocycles. The molecular formula is C10H10ClNO3S. The first kappa shape index (κ1) is 11.4. The van der Waals surface area contributed by atoms with Gasteiger partial charge in [-0.1, -0.05) is 11.6 Å². The van der Waals surface area contributed by atoms with Crippen molar-refractivity contribution < 1.29 is 13.2 Å². The molecular weight excluding hydrogens is 250 g/mol. The third-order valence-electron chi connectivity index (χ3n) is 2.43. The van der Waals surface area contributed by atoms with Crippen molar-refractivity contribution in [2.45, 2.75) is 24.3 Å². The average molecular weight is 260 g/mol. The van der Waals surface area contributed by atoms with E-state index in [4.69, 9.17) is 11.6 Å². The van der Waals surface area contributed by atoms with Crippen molar-refractivity contribution in [2.75, 3.05) is 5.32 Å². The summed E-state index contributed by atoms with van der Waals surface area (Å²) in [5.74, 6) is 0. The quantitative estimate of drug-likeness (QED) is 0.772. The summed E-state index contributed by atoms with van der Waals surface area (Å²) in [6.45, 7) is 3.06. The molecule has 0 amide bonds. The van der Waals surface area contributed by atoms with Gasteiger partial charge in [-0.05, 0) is 32.0 Å². The number of sulfone groups is 1. The van der Waals surface area contributed by atoms with E-state index < -0.39 is 20.5 Å². The SMILES string of the molecule is CC1(C)Nc2ccc(Cl)cc2S(=O)(=O)C1=O. The number of rotatable bonds is 0. The monoisotopic (exact) mass is 259 g/mol.